The van der Waals surface area contributed by atoms with Crippen LogP contribution in [0.15, 0.2) is 97.3 Å². The zero-order chi connectivity index (χ0) is 33.3. The van der Waals surface area contributed by atoms with E-state index in [1.54, 1.807) is 12.4 Å². The van der Waals surface area contributed by atoms with Gasteiger partial charge in [0.15, 0.2) is 0 Å². The maximum atomic E-state index is 13.8. The van der Waals surface area contributed by atoms with Crippen LogP contribution in [0.5, 0.6) is 0 Å². The highest BCUT2D eigenvalue weighted by molar-refractivity contribution is 7.92. The van der Waals surface area contributed by atoms with Crippen LogP contribution in [0, 0.1) is 6.92 Å². The third-order valence-corrected chi connectivity index (χ3v) is 8.91. The average molecular weight is 644 g/mol. The van der Waals surface area contributed by atoms with Crippen molar-refractivity contribution in [2.75, 3.05) is 29.0 Å². The fourth-order valence-corrected chi connectivity index (χ4v) is 5.59. The summed E-state index contributed by atoms with van der Waals surface area (Å²) in [5.74, 6) is -1.23. The number of nitrogens with zero attached hydrogens (tertiary/aromatic N) is 2. The number of aliphatic hydroxyl groups excluding tert-OH is 1. The number of amides is 2. The molecule has 0 saturated carbocycles. The van der Waals surface area contributed by atoms with Crippen molar-refractivity contribution in [2.45, 2.75) is 45.4 Å². The third kappa shape index (κ3) is 9.63. The molecule has 4 aromatic rings. The number of carbonyl (C=O) groups is 2. The van der Waals surface area contributed by atoms with Crippen LogP contribution < -0.4 is 20.3 Å². The van der Waals surface area contributed by atoms with Gasteiger partial charge in [-0.1, -0.05) is 60.7 Å². The van der Waals surface area contributed by atoms with Crippen molar-refractivity contribution < 1.29 is 23.1 Å². The lowest BCUT2D eigenvalue weighted by atomic mass is 9.99. The van der Waals surface area contributed by atoms with Crippen LogP contribution in [0.4, 0.5) is 11.4 Å². The Labute approximate surface area is 270 Å². The zero-order valence-electron chi connectivity index (χ0n) is 26.5. The Morgan fingerprint density at radius 1 is 0.891 bits per heavy atom. The molecule has 1 heterocycles. The second-order valence-corrected chi connectivity index (χ2v) is 13.4. The molecule has 0 fully saturated rings. The van der Waals surface area contributed by atoms with Gasteiger partial charge in [-0.05, 0) is 68.1 Å². The number of sulfonamides is 1. The quantitative estimate of drug-likeness (QED) is 0.159. The summed E-state index contributed by atoms with van der Waals surface area (Å²) < 4.78 is 27.4. The van der Waals surface area contributed by atoms with Gasteiger partial charge in [0.05, 0.1) is 41.5 Å². The average Bonchev–Trinajstić information content (AvgIpc) is 3.04. The lowest BCUT2D eigenvalue weighted by Crippen LogP contribution is -2.49. The molecule has 4 N–H and O–H groups in total. The van der Waals surface area contributed by atoms with Crippen molar-refractivity contribution in [3.63, 3.8) is 0 Å². The summed E-state index contributed by atoms with van der Waals surface area (Å²) >= 11 is 0. The van der Waals surface area contributed by atoms with Gasteiger partial charge in [-0.15, -0.1) is 0 Å². The van der Waals surface area contributed by atoms with E-state index in [1.165, 1.54) is 25.1 Å². The summed E-state index contributed by atoms with van der Waals surface area (Å²) in [7, 11) is -1.87. The van der Waals surface area contributed by atoms with E-state index in [-0.39, 0.29) is 35.2 Å². The Morgan fingerprint density at radius 2 is 1.50 bits per heavy atom. The number of aryl methyl sites for hydroxylation is 1. The van der Waals surface area contributed by atoms with Gasteiger partial charge in [-0.25, -0.2) is 8.42 Å². The summed E-state index contributed by atoms with van der Waals surface area (Å²) in [6, 6.07) is 24.0. The Morgan fingerprint density at radius 3 is 2.11 bits per heavy atom. The Kier molecular flexibility index (Phi) is 11.5. The molecule has 0 unspecified atom stereocenters. The van der Waals surface area contributed by atoms with Crippen molar-refractivity contribution in [2.24, 2.45) is 0 Å². The van der Waals surface area contributed by atoms with Gasteiger partial charge in [0, 0.05) is 30.9 Å². The number of aromatic nitrogens is 1. The first kappa shape index (κ1) is 34.1. The minimum absolute atomic E-state index is 0.0651. The molecule has 0 bridgehead atoms. The van der Waals surface area contributed by atoms with Gasteiger partial charge in [0.25, 0.3) is 11.8 Å². The second kappa shape index (κ2) is 15.5. The van der Waals surface area contributed by atoms with E-state index in [1.807, 2.05) is 92.5 Å². The van der Waals surface area contributed by atoms with Crippen LogP contribution in [0.1, 0.15) is 57.3 Å². The molecule has 0 saturated heterocycles. The molecule has 2 amide bonds. The molecule has 1 aromatic heterocycles. The maximum absolute atomic E-state index is 13.8. The molecule has 0 aliphatic heterocycles. The van der Waals surface area contributed by atoms with Crippen LogP contribution in [0.25, 0.3) is 0 Å². The van der Waals surface area contributed by atoms with Gasteiger partial charge in [0.1, 0.15) is 0 Å². The number of benzene rings is 3. The van der Waals surface area contributed by atoms with Crippen molar-refractivity contribution in [1.29, 1.82) is 0 Å². The molecule has 4 rings (SSSR count). The first-order valence-corrected chi connectivity index (χ1v) is 16.8. The first-order chi connectivity index (χ1) is 21.9. The number of aliphatic hydroxyl groups is 1. The van der Waals surface area contributed by atoms with E-state index >= 15 is 0 Å². The molecule has 11 heteroatoms. The van der Waals surface area contributed by atoms with Gasteiger partial charge in [-0.3, -0.25) is 19.3 Å². The molecule has 46 heavy (non-hydrogen) atoms. The number of likely N-dealkylation sites (N-methyl/N-ethyl adjacent to an activating group) is 1. The van der Waals surface area contributed by atoms with E-state index in [9.17, 15) is 23.1 Å². The summed E-state index contributed by atoms with van der Waals surface area (Å²) in [5.41, 5.74) is 3.85. The number of carbonyl (C=O) groups excluding carboxylic acids is 2. The highest BCUT2D eigenvalue weighted by Gasteiger charge is 2.25. The van der Waals surface area contributed by atoms with Crippen LogP contribution >= 0.6 is 0 Å². The van der Waals surface area contributed by atoms with Crippen LogP contribution in [0.2, 0.25) is 0 Å². The van der Waals surface area contributed by atoms with Crippen LogP contribution in [0.3, 0.4) is 0 Å². The van der Waals surface area contributed by atoms with Crippen molar-refractivity contribution in [1.82, 2.24) is 15.6 Å². The molecule has 3 atom stereocenters. The number of anilines is 2. The van der Waals surface area contributed by atoms with Gasteiger partial charge in [0.2, 0.25) is 10.0 Å². The number of pyridine rings is 1. The van der Waals surface area contributed by atoms with Crippen molar-refractivity contribution >= 4 is 33.2 Å². The molecular formula is C35H41N5O5S. The normalized spacial score (nSPS) is 13.2. The number of hydrogen-bond donors (Lipinski definition) is 4. The van der Waals surface area contributed by atoms with E-state index in [0.717, 1.165) is 22.4 Å². The fourth-order valence-electron chi connectivity index (χ4n) is 4.97. The summed E-state index contributed by atoms with van der Waals surface area (Å²) in [6.07, 6.45) is 2.79. The van der Waals surface area contributed by atoms with Gasteiger partial charge in [-0.2, -0.15) is 0 Å². The molecule has 0 radical (unpaired) electrons. The van der Waals surface area contributed by atoms with E-state index < -0.39 is 34.0 Å². The molecule has 0 aliphatic carbocycles. The molecule has 0 spiro atoms. The molecule has 3 aromatic carbocycles. The maximum Gasteiger partial charge on any atom is 0.251 e. The minimum Gasteiger partial charge on any atom is -0.389 e. The highest BCUT2D eigenvalue weighted by Crippen LogP contribution is 2.20. The van der Waals surface area contributed by atoms with E-state index in [2.05, 4.69) is 20.3 Å². The highest BCUT2D eigenvalue weighted by atomic mass is 32.2. The van der Waals surface area contributed by atoms with E-state index in [4.69, 9.17) is 0 Å². The monoisotopic (exact) mass is 643 g/mol. The lowest BCUT2D eigenvalue weighted by Gasteiger charge is -2.29. The summed E-state index contributed by atoms with van der Waals surface area (Å²) in [5, 5.41) is 17.3. The predicted molar refractivity (Wildman–Crippen MR) is 181 cm³/mol. The Balaban J connectivity index is 1.62. The summed E-state index contributed by atoms with van der Waals surface area (Å²) in [6.45, 7) is 5.46. The predicted octanol–water partition coefficient (Wildman–Crippen LogP) is 4.48. The molecule has 10 nitrogen and oxygen atoms in total. The van der Waals surface area contributed by atoms with Crippen molar-refractivity contribution in [3.8, 4) is 0 Å². The smallest absolute Gasteiger partial charge is 0.251 e. The van der Waals surface area contributed by atoms with E-state index in [0.29, 0.717) is 6.42 Å². The Hall–Kier alpha value is -4.74. The number of rotatable bonds is 14. The SMILES string of the molecule is CCS(=O)(=O)Nc1cc(C(=O)N[C@@H](Cc2ccccc2)[C@H](O)CN(C)c2cncc(C)c2)cc(C(=O)N[C@H](C)c2ccccc2)c1. The minimum atomic E-state index is -3.71. The molecule has 0 aliphatic rings. The second-order valence-electron chi connectivity index (χ2n) is 11.3. The lowest BCUT2D eigenvalue weighted by molar-refractivity contribution is 0.0843. The van der Waals surface area contributed by atoms with Gasteiger partial charge >= 0.3 is 0 Å². The largest absolute Gasteiger partial charge is 0.389 e. The molecule has 242 valence electrons. The Bertz CT molecular complexity index is 1740. The first-order valence-electron chi connectivity index (χ1n) is 15.1. The third-order valence-electron chi connectivity index (χ3n) is 7.60. The standard InChI is InChI=1S/C35H41N5O5S/c1-5-46(44,45)39-30-19-28(34(42)37-25(3)27-14-10-7-11-15-27)18-29(20-30)35(43)38-32(17-26-12-8-6-9-13-26)33(41)23-40(4)31-16-24(2)21-36-22-31/h6-16,18-22,25,32-33,39,41H,5,17,23H2,1-4H3,(H,37,42)(H,38,43)/t25-,32+,33-/m1/s1. The molecular weight excluding hydrogens is 602 g/mol. The summed E-state index contributed by atoms with van der Waals surface area (Å²) in [4.78, 5) is 33.3. The number of nitrogens with one attached hydrogen (secondary N) is 3. The van der Waals surface area contributed by atoms with Crippen molar-refractivity contribution in [3.05, 3.63) is 125 Å². The fraction of sp³-hybridized carbons (Fsp3) is 0.286. The number of hydrogen-bond acceptors (Lipinski definition) is 7. The van der Waals surface area contributed by atoms with Gasteiger partial charge < -0.3 is 20.6 Å². The van der Waals surface area contributed by atoms with Crippen LogP contribution in [-0.4, -0.2) is 61.8 Å². The van der Waals surface area contributed by atoms with Crippen LogP contribution in [-0.2, 0) is 16.4 Å². The zero-order valence-corrected chi connectivity index (χ0v) is 27.3. The topological polar surface area (TPSA) is 141 Å².